The van der Waals surface area contributed by atoms with Gasteiger partial charge in [0.25, 0.3) is 0 Å². The van der Waals surface area contributed by atoms with Gasteiger partial charge in [0, 0.05) is 5.56 Å². The lowest BCUT2D eigenvalue weighted by Crippen LogP contribution is -2.13. The van der Waals surface area contributed by atoms with Gasteiger partial charge in [-0.05, 0) is 90.3 Å². The summed E-state index contributed by atoms with van der Waals surface area (Å²) in [7, 11) is 0. The van der Waals surface area contributed by atoms with E-state index in [-0.39, 0.29) is 17.3 Å². The van der Waals surface area contributed by atoms with E-state index in [0.717, 1.165) is 47.9 Å². The van der Waals surface area contributed by atoms with Crippen LogP contribution in [0.25, 0.3) is 10.8 Å². The number of fused-ring (bicyclic) bond motifs is 1. The number of hydrogen-bond donors (Lipinski definition) is 0. The van der Waals surface area contributed by atoms with Gasteiger partial charge in [0.2, 0.25) is 0 Å². The third-order valence-corrected chi connectivity index (χ3v) is 6.21. The fourth-order valence-electron chi connectivity index (χ4n) is 4.57. The summed E-state index contributed by atoms with van der Waals surface area (Å²) in [5.74, 6) is 4.98. The van der Waals surface area contributed by atoms with Crippen molar-refractivity contribution in [2.24, 2.45) is 5.92 Å². The highest BCUT2D eigenvalue weighted by molar-refractivity contribution is 5.84. The van der Waals surface area contributed by atoms with Gasteiger partial charge in [0.15, 0.2) is 0 Å². The van der Waals surface area contributed by atoms with E-state index in [4.69, 9.17) is 0 Å². The minimum Gasteiger partial charge on any atom is -0.207 e. The molecular weight excluding hydrogens is 381 g/mol. The normalized spacial score (nSPS) is 18.8. The standard InChI is InChI=1S/C27H25F3/c1-2-3-18-4-8-20(9-5-18)23-16-26(29)25(27(30)17-23)13-7-19-6-10-22-15-24(28)12-11-21(22)14-19/h6,10-12,14-18,20H,2-5,8-9H2,1H3. The van der Waals surface area contributed by atoms with Gasteiger partial charge in [0.1, 0.15) is 17.5 Å². The fraction of sp³-hybridized carbons (Fsp3) is 0.333. The van der Waals surface area contributed by atoms with Crippen LogP contribution in [0.1, 0.15) is 68.1 Å². The zero-order chi connectivity index (χ0) is 21.1. The van der Waals surface area contributed by atoms with Gasteiger partial charge in [-0.25, -0.2) is 13.2 Å². The first-order valence-electron chi connectivity index (χ1n) is 10.7. The Kier molecular flexibility index (Phi) is 6.13. The predicted molar refractivity (Wildman–Crippen MR) is 116 cm³/mol. The molecule has 0 amide bonds. The average molecular weight is 406 g/mol. The topological polar surface area (TPSA) is 0 Å². The van der Waals surface area contributed by atoms with Crippen LogP contribution in [0, 0.1) is 35.2 Å². The molecule has 1 aliphatic carbocycles. The molecule has 3 heteroatoms. The van der Waals surface area contributed by atoms with Crippen LogP contribution in [0.5, 0.6) is 0 Å². The van der Waals surface area contributed by atoms with E-state index in [0.29, 0.717) is 5.56 Å². The monoisotopic (exact) mass is 406 g/mol. The van der Waals surface area contributed by atoms with Gasteiger partial charge in [0.05, 0.1) is 5.56 Å². The van der Waals surface area contributed by atoms with Gasteiger partial charge in [-0.3, -0.25) is 0 Å². The Morgan fingerprint density at radius 2 is 1.47 bits per heavy atom. The van der Waals surface area contributed by atoms with Crippen molar-refractivity contribution in [3.05, 3.63) is 82.7 Å². The number of halogens is 3. The summed E-state index contributed by atoms with van der Waals surface area (Å²) in [4.78, 5) is 0. The summed E-state index contributed by atoms with van der Waals surface area (Å²) in [5.41, 5.74) is 1.18. The van der Waals surface area contributed by atoms with Gasteiger partial charge in [-0.15, -0.1) is 0 Å². The van der Waals surface area contributed by atoms with Crippen LogP contribution in [-0.2, 0) is 0 Å². The van der Waals surface area contributed by atoms with E-state index in [9.17, 15) is 13.2 Å². The second-order valence-corrected chi connectivity index (χ2v) is 8.32. The van der Waals surface area contributed by atoms with E-state index < -0.39 is 11.6 Å². The molecule has 0 saturated heterocycles. The van der Waals surface area contributed by atoms with Crippen LogP contribution in [0.3, 0.4) is 0 Å². The lowest BCUT2D eigenvalue weighted by molar-refractivity contribution is 0.307. The highest BCUT2D eigenvalue weighted by atomic mass is 19.1. The van der Waals surface area contributed by atoms with Crippen molar-refractivity contribution >= 4 is 10.8 Å². The molecule has 0 N–H and O–H groups in total. The molecule has 3 aromatic rings. The lowest BCUT2D eigenvalue weighted by atomic mass is 9.77. The molecule has 1 saturated carbocycles. The number of benzene rings is 3. The maximum Gasteiger partial charge on any atom is 0.142 e. The van der Waals surface area contributed by atoms with Crippen LogP contribution >= 0.6 is 0 Å². The molecule has 0 radical (unpaired) electrons. The molecule has 0 atom stereocenters. The van der Waals surface area contributed by atoms with E-state index in [1.807, 2.05) is 0 Å². The molecule has 154 valence electrons. The van der Waals surface area contributed by atoms with E-state index in [1.165, 1.54) is 37.1 Å². The van der Waals surface area contributed by atoms with Gasteiger partial charge >= 0.3 is 0 Å². The largest absolute Gasteiger partial charge is 0.207 e. The smallest absolute Gasteiger partial charge is 0.142 e. The van der Waals surface area contributed by atoms with Crippen molar-refractivity contribution in [1.29, 1.82) is 0 Å². The number of hydrogen-bond acceptors (Lipinski definition) is 0. The summed E-state index contributed by atoms with van der Waals surface area (Å²) in [6.07, 6.45) is 6.69. The summed E-state index contributed by atoms with van der Waals surface area (Å²) >= 11 is 0. The molecule has 0 aromatic heterocycles. The first-order valence-corrected chi connectivity index (χ1v) is 10.7. The Labute approximate surface area is 176 Å². The second kappa shape index (κ2) is 8.96. The second-order valence-electron chi connectivity index (χ2n) is 8.32. The fourth-order valence-corrected chi connectivity index (χ4v) is 4.57. The molecule has 1 fully saturated rings. The zero-order valence-corrected chi connectivity index (χ0v) is 17.2. The van der Waals surface area contributed by atoms with Crippen molar-refractivity contribution in [1.82, 2.24) is 0 Å². The third-order valence-electron chi connectivity index (χ3n) is 6.21. The average Bonchev–Trinajstić information content (AvgIpc) is 2.74. The van der Waals surface area contributed by atoms with Gasteiger partial charge in [-0.1, -0.05) is 43.7 Å². The highest BCUT2D eigenvalue weighted by Gasteiger charge is 2.23. The minimum absolute atomic E-state index is 0.197. The predicted octanol–water partition coefficient (Wildman–Crippen LogP) is 7.73. The van der Waals surface area contributed by atoms with Crippen LogP contribution in [0.4, 0.5) is 13.2 Å². The highest BCUT2D eigenvalue weighted by Crippen LogP contribution is 2.38. The molecular formula is C27H25F3. The molecule has 0 heterocycles. The summed E-state index contributed by atoms with van der Waals surface area (Å²) in [5, 5.41) is 1.59. The van der Waals surface area contributed by atoms with Crippen molar-refractivity contribution in [2.45, 2.75) is 51.4 Å². The summed E-state index contributed by atoms with van der Waals surface area (Å²) in [6, 6.07) is 12.7. The van der Waals surface area contributed by atoms with Crippen LogP contribution in [0.2, 0.25) is 0 Å². The van der Waals surface area contributed by atoms with Crippen molar-refractivity contribution in [3.63, 3.8) is 0 Å². The lowest BCUT2D eigenvalue weighted by Gasteiger charge is -2.28. The number of rotatable bonds is 3. The molecule has 0 spiro atoms. The first kappa shape index (κ1) is 20.5. The maximum atomic E-state index is 14.7. The zero-order valence-electron chi connectivity index (χ0n) is 17.2. The Hall–Kier alpha value is -2.73. The Morgan fingerprint density at radius 3 is 2.17 bits per heavy atom. The van der Waals surface area contributed by atoms with Crippen molar-refractivity contribution in [3.8, 4) is 11.8 Å². The Balaban J connectivity index is 1.54. The van der Waals surface area contributed by atoms with Crippen LogP contribution < -0.4 is 0 Å². The SMILES string of the molecule is CCCC1CCC(c2cc(F)c(C#Cc3ccc4cc(F)ccc4c3)c(F)c2)CC1. The molecule has 0 bridgehead atoms. The van der Waals surface area contributed by atoms with Gasteiger partial charge < -0.3 is 0 Å². The van der Waals surface area contributed by atoms with E-state index in [2.05, 4.69) is 18.8 Å². The van der Waals surface area contributed by atoms with Crippen LogP contribution in [-0.4, -0.2) is 0 Å². The molecule has 4 rings (SSSR count). The van der Waals surface area contributed by atoms with Crippen molar-refractivity contribution in [2.75, 3.05) is 0 Å². The quantitative estimate of drug-likeness (QED) is 0.390. The molecule has 0 nitrogen and oxygen atoms in total. The van der Waals surface area contributed by atoms with Crippen molar-refractivity contribution < 1.29 is 13.2 Å². The molecule has 0 unspecified atom stereocenters. The Bertz CT molecular complexity index is 1090. The first-order chi connectivity index (χ1) is 14.5. The summed E-state index contributed by atoms with van der Waals surface area (Å²) < 4.78 is 42.7. The molecule has 1 aliphatic rings. The molecule has 30 heavy (non-hydrogen) atoms. The van der Waals surface area contributed by atoms with Gasteiger partial charge in [-0.2, -0.15) is 0 Å². The molecule has 3 aromatic carbocycles. The van der Waals surface area contributed by atoms with Crippen LogP contribution in [0.15, 0.2) is 48.5 Å². The molecule has 0 aliphatic heterocycles. The minimum atomic E-state index is -0.601. The van der Waals surface area contributed by atoms with E-state index in [1.54, 1.807) is 24.3 Å². The third kappa shape index (κ3) is 4.54. The summed E-state index contributed by atoms with van der Waals surface area (Å²) in [6.45, 7) is 2.20. The Morgan fingerprint density at radius 1 is 0.800 bits per heavy atom. The van der Waals surface area contributed by atoms with E-state index >= 15 is 0 Å². The maximum absolute atomic E-state index is 14.7.